The maximum atomic E-state index is 10.4. The predicted molar refractivity (Wildman–Crippen MR) is 27.5 cm³/mol. The molecule has 1 fully saturated rings. The van der Waals surface area contributed by atoms with Crippen LogP contribution in [-0.2, 0) is 4.79 Å². The molecule has 1 aliphatic rings. The van der Waals surface area contributed by atoms with Gasteiger partial charge in [-0.1, -0.05) is 0 Å². The quantitative estimate of drug-likeness (QED) is 0.446. The van der Waals surface area contributed by atoms with Crippen LogP contribution in [0.4, 0.5) is 0 Å². The van der Waals surface area contributed by atoms with Gasteiger partial charge >= 0.3 is 0 Å². The minimum Gasteiger partial charge on any atom is -0.308 e. The van der Waals surface area contributed by atoms with E-state index in [0.717, 1.165) is 0 Å². The number of nitrogens with one attached hydrogen (secondary N) is 1. The van der Waals surface area contributed by atoms with E-state index >= 15 is 0 Å². The van der Waals surface area contributed by atoms with Gasteiger partial charge in [0.2, 0.25) is 0 Å². The first-order valence-electron chi connectivity index (χ1n) is 2.18. The molecule has 40 valence electrons. The summed E-state index contributed by atoms with van der Waals surface area (Å²) in [7, 11) is 0. The van der Waals surface area contributed by atoms with Crippen molar-refractivity contribution in [2.24, 2.45) is 0 Å². The van der Waals surface area contributed by atoms with Gasteiger partial charge in [-0.2, -0.15) is 0 Å². The molecule has 1 rings (SSSR count). The van der Waals surface area contributed by atoms with Crippen LogP contribution >= 0.6 is 11.6 Å². The van der Waals surface area contributed by atoms with E-state index in [9.17, 15) is 4.79 Å². The van der Waals surface area contributed by atoms with Crippen LogP contribution in [0, 0.1) is 0 Å². The van der Waals surface area contributed by atoms with E-state index < -0.39 is 0 Å². The third kappa shape index (κ3) is 0.924. The number of alkyl halides is 1. The Hall–Kier alpha value is -0.0800. The molecule has 0 aliphatic carbocycles. The molecule has 0 saturated carbocycles. The number of ketones is 1. The van der Waals surface area contributed by atoms with Crippen LogP contribution in [-0.4, -0.2) is 24.2 Å². The van der Waals surface area contributed by atoms with Gasteiger partial charge in [0.05, 0.1) is 6.54 Å². The Labute approximate surface area is 46.8 Å². The van der Waals surface area contributed by atoms with Crippen molar-refractivity contribution in [3.8, 4) is 0 Å². The minimum atomic E-state index is -0.264. The van der Waals surface area contributed by atoms with E-state index in [0.29, 0.717) is 13.1 Å². The molecule has 2 nitrogen and oxygen atoms in total. The Bertz CT molecular complexity index is 93.7. The molecule has 1 atom stereocenters. The molecular weight excluding hydrogens is 114 g/mol. The van der Waals surface area contributed by atoms with E-state index in [4.69, 9.17) is 11.6 Å². The first-order valence-corrected chi connectivity index (χ1v) is 2.62. The smallest absolute Gasteiger partial charge is 0.165 e. The summed E-state index contributed by atoms with van der Waals surface area (Å²) < 4.78 is 0. The zero-order valence-electron chi connectivity index (χ0n) is 3.78. The largest absolute Gasteiger partial charge is 0.308 e. The zero-order chi connectivity index (χ0) is 5.28. The maximum absolute atomic E-state index is 10.4. The lowest BCUT2D eigenvalue weighted by Gasteiger charge is -1.86. The fourth-order valence-corrected chi connectivity index (χ4v) is 0.733. The van der Waals surface area contributed by atoms with Crippen molar-refractivity contribution in [2.45, 2.75) is 5.38 Å². The first-order chi connectivity index (χ1) is 3.30. The summed E-state index contributed by atoms with van der Waals surface area (Å²) in [6, 6.07) is 0. The summed E-state index contributed by atoms with van der Waals surface area (Å²) >= 11 is 5.45. The molecule has 1 N–H and O–H groups in total. The van der Waals surface area contributed by atoms with Crippen LogP contribution in [0.5, 0.6) is 0 Å². The Balaban J connectivity index is 2.48. The van der Waals surface area contributed by atoms with Gasteiger partial charge in [-0.05, 0) is 0 Å². The minimum absolute atomic E-state index is 0.113. The standard InChI is InChI=1S/C4H6ClNO/c5-3-1-6-2-4(3)7/h3,6H,1-2H2. The normalized spacial score (nSPS) is 31.6. The van der Waals surface area contributed by atoms with Gasteiger partial charge in [-0.15, -0.1) is 11.6 Å². The first kappa shape index (κ1) is 5.06. The van der Waals surface area contributed by atoms with E-state index in [1.165, 1.54) is 0 Å². The van der Waals surface area contributed by atoms with Gasteiger partial charge in [-0.3, -0.25) is 4.79 Å². The molecule has 1 unspecified atom stereocenters. The van der Waals surface area contributed by atoms with Crippen LogP contribution < -0.4 is 5.32 Å². The highest BCUT2D eigenvalue weighted by atomic mass is 35.5. The number of carbonyl (C=O) groups is 1. The van der Waals surface area contributed by atoms with Gasteiger partial charge in [0.25, 0.3) is 0 Å². The second-order valence-corrected chi connectivity index (χ2v) is 2.09. The Morgan fingerprint density at radius 3 is 2.71 bits per heavy atom. The van der Waals surface area contributed by atoms with E-state index in [1.54, 1.807) is 0 Å². The summed E-state index contributed by atoms with van der Waals surface area (Å²) in [5.74, 6) is 0.113. The molecule has 3 heteroatoms. The average Bonchev–Trinajstić information content (AvgIpc) is 1.91. The lowest BCUT2D eigenvalue weighted by Crippen LogP contribution is -2.08. The summed E-state index contributed by atoms with van der Waals surface area (Å²) in [6.07, 6.45) is 0. The Morgan fingerprint density at radius 2 is 2.57 bits per heavy atom. The molecule has 0 amide bonds. The molecule has 0 aromatic heterocycles. The summed E-state index contributed by atoms with van der Waals surface area (Å²) in [5, 5.41) is 2.58. The number of hydrogen-bond acceptors (Lipinski definition) is 2. The predicted octanol–water partition coefficient (Wildman–Crippen LogP) is -0.234. The number of hydrogen-bond donors (Lipinski definition) is 1. The molecule has 0 aromatic carbocycles. The zero-order valence-corrected chi connectivity index (χ0v) is 4.53. The monoisotopic (exact) mass is 119 g/mol. The fraction of sp³-hybridized carbons (Fsp3) is 0.750. The molecule has 7 heavy (non-hydrogen) atoms. The molecule has 0 spiro atoms. The maximum Gasteiger partial charge on any atom is 0.165 e. The number of carbonyl (C=O) groups excluding carboxylic acids is 1. The van der Waals surface area contributed by atoms with Crippen molar-refractivity contribution < 1.29 is 4.79 Å². The van der Waals surface area contributed by atoms with Crippen molar-refractivity contribution in [3.63, 3.8) is 0 Å². The van der Waals surface area contributed by atoms with Crippen LogP contribution in [0.25, 0.3) is 0 Å². The van der Waals surface area contributed by atoms with E-state index in [-0.39, 0.29) is 11.2 Å². The fourth-order valence-electron chi connectivity index (χ4n) is 0.547. The molecule has 0 aromatic rings. The topological polar surface area (TPSA) is 29.1 Å². The van der Waals surface area contributed by atoms with Crippen molar-refractivity contribution in [3.05, 3.63) is 0 Å². The van der Waals surface area contributed by atoms with Crippen molar-refractivity contribution in [1.82, 2.24) is 5.32 Å². The highest BCUT2D eigenvalue weighted by molar-refractivity contribution is 6.32. The number of halogens is 1. The summed E-state index contributed by atoms with van der Waals surface area (Å²) in [5.41, 5.74) is 0. The van der Waals surface area contributed by atoms with Gasteiger partial charge in [0.15, 0.2) is 5.78 Å². The van der Waals surface area contributed by atoms with Crippen LogP contribution in [0.3, 0.4) is 0 Å². The molecule has 1 saturated heterocycles. The number of rotatable bonds is 0. The van der Waals surface area contributed by atoms with Gasteiger partial charge in [-0.25, -0.2) is 0 Å². The molecule has 1 aliphatic heterocycles. The summed E-state index contributed by atoms with van der Waals surface area (Å²) in [4.78, 5) is 10.4. The van der Waals surface area contributed by atoms with Gasteiger partial charge in [0, 0.05) is 6.54 Å². The second kappa shape index (κ2) is 1.80. The van der Waals surface area contributed by atoms with Crippen molar-refractivity contribution in [1.29, 1.82) is 0 Å². The lowest BCUT2D eigenvalue weighted by molar-refractivity contribution is -0.116. The SMILES string of the molecule is O=C1CNCC1Cl. The Morgan fingerprint density at radius 1 is 1.86 bits per heavy atom. The van der Waals surface area contributed by atoms with Crippen LogP contribution in [0.2, 0.25) is 0 Å². The second-order valence-electron chi connectivity index (χ2n) is 1.56. The van der Waals surface area contributed by atoms with Crippen molar-refractivity contribution >= 4 is 17.4 Å². The highest BCUT2D eigenvalue weighted by Gasteiger charge is 2.20. The van der Waals surface area contributed by atoms with Gasteiger partial charge in [0.1, 0.15) is 5.38 Å². The van der Waals surface area contributed by atoms with Crippen molar-refractivity contribution in [2.75, 3.05) is 13.1 Å². The third-order valence-electron chi connectivity index (χ3n) is 0.972. The molecule has 0 radical (unpaired) electrons. The van der Waals surface area contributed by atoms with Crippen LogP contribution in [0.15, 0.2) is 0 Å². The summed E-state index contributed by atoms with van der Waals surface area (Å²) in [6.45, 7) is 1.09. The molecule has 1 heterocycles. The van der Waals surface area contributed by atoms with E-state index in [1.807, 2.05) is 0 Å². The number of Topliss-reactive ketones (excluding diaryl/α,β-unsaturated/α-hetero) is 1. The average molecular weight is 120 g/mol. The third-order valence-corrected chi connectivity index (χ3v) is 1.37. The van der Waals surface area contributed by atoms with E-state index in [2.05, 4.69) is 5.32 Å². The Kier molecular flexibility index (Phi) is 1.30. The van der Waals surface area contributed by atoms with Gasteiger partial charge < -0.3 is 5.32 Å². The lowest BCUT2D eigenvalue weighted by atomic mass is 10.3. The van der Waals surface area contributed by atoms with Crippen LogP contribution in [0.1, 0.15) is 0 Å². The molecule has 0 bridgehead atoms. The molecular formula is C4H6ClNO. The highest BCUT2D eigenvalue weighted by Crippen LogP contribution is 1.99.